The van der Waals surface area contributed by atoms with Crippen molar-refractivity contribution in [1.29, 1.82) is 0 Å². The van der Waals surface area contributed by atoms with E-state index in [4.69, 9.17) is 0 Å². The molecule has 0 saturated carbocycles. The zero-order valence-electron chi connectivity index (χ0n) is 14.2. The van der Waals surface area contributed by atoms with Gasteiger partial charge in [0.1, 0.15) is 5.82 Å². The predicted molar refractivity (Wildman–Crippen MR) is 92.5 cm³/mol. The lowest BCUT2D eigenvalue weighted by atomic mass is 9.92. The lowest BCUT2D eigenvalue weighted by Gasteiger charge is -2.37. The first-order chi connectivity index (χ1) is 11.1. The van der Waals surface area contributed by atoms with Crippen molar-refractivity contribution in [3.63, 3.8) is 0 Å². The monoisotopic (exact) mass is 316 g/mol. The number of carbonyl (C=O) groups excluding carboxylic acids is 1. The third-order valence-electron chi connectivity index (χ3n) is 4.95. The van der Waals surface area contributed by atoms with Gasteiger partial charge in [0.2, 0.25) is 0 Å². The zero-order chi connectivity index (χ0) is 16.2. The molecule has 1 N–H and O–H groups in total. The summed E-state index contributed by atoms with van der Waals surface area (Å²) in [7, 11) is 0. The molecule has 0 bridgehead atoms. The fourth-order valence-electron chi connectivity index (χ4n) is 3.89. The summed E-state index contributed by atoms with van der Waals surface area (Å²) >= 11 is 0. The molecule has 5 nitrogen and oxygen atoms in total. The molecule has 3 heterocycles. The summed E-state index contributed by atoms with van der Waals surface area (Å²) in [5, 5.41) is 3.24. The summed E-state index contributed by atoms with van der Waals surface area (Å²) in [6.07, 6.45) is 5.04. The van der Waals surface area contributed by atoms with Crippen LogP contribution in [0.5, 0.6) is 0 Å². The Kier molecular flexibility index (Phi) is 5.03. The Labute approximate surface area is 139 Å². The smallest absolute Gasteiger partial charge is 0.317 e. The summed E-state index contributed by atoms with van der Waals surface area (Å²) in [6.45, 7) is 8.16. The van der Waals surface area contributed by atoms with E-state index in [1.807, 2.05) is 23.2 Å². The number of nitrogens with one attached hydrogen (secondary N) is 1. The molecule has 2 saturated heterocycles. The van der Waals surface area contributed by atoms with Gasteiger partial charge in [-0.25, -0.2) is 9.78 Å². The quantitative estimate of drug-likeness (QED) is 0.912. The minimum atomic E-state index is 0.125. The Morgan fingerprint density at radius 2 is 1.87 bits per heavy atom. The van der Waals surface area contributed by atoms with E-state index in [1.165, 1.54) is 6.42 Å². The summed E-state index contributed by atoms with van der Waals surface area (Å²) in [4.78, 5) is 21.2. The van der Waals surface area contributed by atoms with Crippen molar-refractivity contribution in [3.8, 4) is 0 Å². The molecule has 0 radical (unpaired) electrons. The maximum absolute atomic E-state index is 12.5. The van der Waals surface area contributed by atoms with Crippen LogP contribution in [0.3, 0.4) is 0 Å². The van der Waals surface area contributed by atoms with Gasteiger partial charge < -0.3 is 15.1 Å². The molecule has 0 aromatic carbocycles. The van der Waals surface area contributed by atoms with E-state index >= 15 is 0 Å². The molecule has 126 valence electrons. The molecule has 2 aliphatic heterocycles. The molecule has 0 aliphatic carbocycles. The van der Waals surface area contributed by atoms with Gasteiger partial charge >= 0.3 is 6.03 Å². The van der Waals surface area contributed by atoms with Crippen molar-refractivity contribution in [2.75, 3.05) is 31.1 Å². The van der Waals surface area contributed by atoms with Gasteiger partial charge in [0.15, 0.2) is 0 Å². The molecule has 2 fully saturated rings. The molecule has 23 heavy (non-hydrogen) atoms. The van der Waals surface area contributed by atoms with Crippen molar-refractivity contribution in [3.05, 3.63) is 24.4 Å². The molecule has 2 atom stereocenters. The molecule has 0 spiro atoms. The van der Waals surface area contributed by atoms with E-state index < -0.39 is 0 Å². The molecule has 1 aromatic rings. The second kappa shape index (κ2) is 7.20. The molecular weight excluding hydrogens is 288 g/mol. The number of pyridine rings is 1. The van der Waals surface area contributed by atoms with Gasteiger partial charge in [0.05, 0.1) is 0 Å². The standard InChI is InChI=1S/C18H28N4O/c1-14-11-15(2)13-22(12-14)18(23)20-16-6-9-21(10-7-16)17-5-3-4-8-19-17/h3-5,8,14-16H,6-7,9-13H2,1-2H3,(H,20,23). The maximum Gasteiger partial charge on any atom is 0.317 e. The fraction of sp³-hybridized carbons (Fsp3) is 0.667. The summed E-state index contributed by atoms with van der Waals surface area (Å²) in [5.41, 5.74) is 0. The van der Waals surface area contributed by atoms with Gasteiger partial charge in [0, 0.05) is 38.4 Å². The number of anilines is 1. The first-order valence-corrected chi connectivity index (χ1v) is 8.83. The van der Waals surface area contributed by atoms with Gasteiger partial charge in [0.25, 0.3) is 0 Å². The SMILES string of the molecule is CC1CC(C)CN(C(=O)NC2CCN(c3ccccn3)CC2)C1. The van der Waals surface area contributed by atoms with Crippen molar-refractivity contribution >= 4 is 11.8 Å². The first-order valence-electron chi connectivity index (χ1n) is 8.83. The number of hydrogen-bond acceptors (Lipinski definition) is 3. The van der Waals surface area contributed by atoms with E-state index in [-0.39, 0.29) is 12.1 Å². The van der Waals surface area contributed by atoms with E-state index in [0.717, 1.165) is 44.8 Å². The number of hydrogen-bond donors (Lipinski definition) is 1. The van der Waals surface area contributed by atoms with Crippen LogP contribution in [-0.2, 0) is 0 Å². The normalized spacial score (nSPS) is 26.2. The van der Waals surface area contributed by atoms with Crippen LogP contribution in [-0.4, -0.2) is 48.1 Å². The van der Waals surface area contributed by atoms with Crippen LogP contribution in [0.4, 0.5) is 10.6 Å². The Morgan fingerprint density at radius 1 is 1.17 bits per heavy atom. The van der Waals surface area contributed by atoms with Crippen molar-refractivity contribution in [2.24, 2.45) is 11.8 Å². The molecule has 2 aliphatic rings. The second-order valence-electron chi connectivity index (χ2n) is 7.25. The molecule has 2 amide bonds. The average Bonchev–Trinajstić information content (AvgIpc) is 2.55. The zero-order valence-corrected chi connectivity index (χ0v) is 14.2. The highest BCUT2D eigenvalue weighted by molar-refractivity contribution is 5.74. The van der Waals surface area contributed by atoms with Crippen LogP contribution < -0.4 is 10.2 Å². The van der Waals surface area contributed by atoms with Gasteiger partial charge in [-0.2, -0.15) is 0 Å². The van der Waals surface area contributed by atoms with Crippen molar-refractivity contribution in [2.45, 2.75) is 39.2 Å². The van der Waals surface area contributed by atoms with E-state index in [2.05, 4.69) is 35.1 Å². The Bertz CT molecular complexity index is 503. The summed E-state index contributed by atoms with van der Waals surface area (Å²) in [5.74, 6) is 2.25. The molecule has 1 aromatic heterocycles. The lowest BCUT2D eigenvalue weighted by Crippen LogP contribution is -2.52. The number of piperidine rings is 2. The fourth-order valence-corrected chi connectivity index (χ4v) is 3.89. The number of rotatable bonds is 2. The number of nitrogens with zero attached hydrogens (tertiary/aromatic N) is 3. The first kappa shape index (κ1) is 16.1. The van der Waals surface area contributed by atoms with Crippen LogP contribution in [0.15, 0.2) is 24.4 Å². The van der Waals surface area contributed by atoms with Gasteiger partial charge in [-0.1, -0.05) is 19.9 Å². The number of carbonyl (C=O) groups is 1. The highest BCUT2D eigenvalue weighted by atomic mass is 16.2. The largest absolute Gasteiger partial charge is 0.356 e. The Balaban J connectivity index is 1.48. The molecular formula is C18H28N4O. The van der Waals surface area contributed by atoms with Gasteiger partial charge in [-0.3, -0.25) is 0 Å². The highest BCUT2D eigenvalue weighted by Gasteiger charge is 2.28. The lowest BCUT2D eigenvalue weighted by molar-refractivity contribution is 0.142. The molecule has 2 unspecified atom stereocenters. The van der Waals surface area contributed by atoms with Gasteiger partial charge in [-0.05, 0) is 43.2 Å². The molecule has 3 rings (SSSR count). The number of urea groups is 1. The third kappa shape index (κ3) is 4.15. The Morgan fingerprint density at radius 3 is 2.48 bits per heavy atom. The summed E-state index contributed by atoms with van der Waals surface area (Å²) in [6, 6.07) is 6.43. The second-order valence-corrected chi connectivity index (χ2v) is 7.25. The van der Waals surface area contributed by atoms with Gasteiger partial charge in [-0.15, -0.1) is 0 Å². The number of likely N-dealkylation sites (tertiary alicyclic amines) is 1. The maximum atomic E-state index is 12.5. The number of amides is 2. The van der Waals surface area contributed by atoms with E-state index in [9.17, 15) is 4.79 Å². The third-order valence-corrected chi connectivity index (χ3v) is 4.95. The minimum Gasteiger partial charge on any atom is -0.356 e. The van der Waals surface area contributed by atoms with Crippen molar-refractivity contribution < 1.29 is 4.79 Å². The predicted octanol–water partition coefficient (Wildman–Crippen LogP) is 2.74. The minimum absolute atomic E-state index is 0.125. The highest BCUT2D eigenvalue weighted by Crippen LogP contribution is 2.22. The van der Waals surface area contributed by atoms with Crippen LogP contribution in [0.1, 0.15) is 33.1 Å². The van der Waals surface area contributed by atoms with Crippen LogP contribution in [0.2, 0.25) is 0 Å². The van der Waals surface area contributed by atoms with Crippen molar-refractivity contribution in [1.82, 2.24) is 15.2 Å². The van der Waals surface area contributed by atoms with E-state index in [0.29, 0.717) is 11.8 Å². The van der Waals surface area contributed by atoms with Crippen LogP contribution in [0, 0.1) is 11.8 Å². The van der Waals surface area contributed by atoms with Crippen LogP contribution in [0.25, 0.3) is 0 Å². The van der Waals surface area contributed by atoms with E-state index in [1.54, 1.807) is 0 Å². The summed E-state index contributed by atoms with van der Waals surface area (Å²) < 4.78 is 0. The Hall–Kier alpha value is -1.78. The van der Waals surface area contributed by atoms with Crippen LogP contribution >= 0.6 is 0 Å². The topological polar surface area (TPSA) is 48.5 Å². The molecule has 5 heteroatoms. The average molecular weight is 316 g/mol. The number of aromatic nitrogens is 1.